The summed E-state index contributed by atoms with van der Waals surface area (Å²) >= 11 is 6.46. The van der Waals surface area contributed by atoms with Crippen LogP contribution in [0.25, 0.3) is 0 Å². The van der Waals surface area contributed by atoms with Crippen molar-refractivity contribution in [3.05, 3.63) is 46.6 Å². The summed E-state index contributed by atoms with van der Waals surface area (Å²) in [6, 6.07) is 6.79. The Balaban J connectivity index is 1.47. The number of halogens is 4. The lowest BCUT2D eigenvalue weighted by molar-refractivity contribution is -0.173. The molecule has 1 aromatic heterocycles. The fourth-order valence-corrected chi connectivity index (χ4v) is 5.22. The van der Waals surface area contributed by atoms with E-state index in [9.17, 15) is 18.0 Å². The molecule has 3 atom stereocenters. The molecular formula is C21H23ClF3N5O. The number of carbonyl (C=O) groups excluding carboxylic acids is 1. The molecule has 1 aromatic carbocycles. The molecule has 10 heteroatoms. The third-order valence-electron chi connectivity index (χ3n) is 6.57. The molecule has 0 aliphatic carbocycles. The molecule has 4 heterocycles. The number of carbonyl (C=O) groups is 1. The van der Waals surface area contributed by atoms with Gasteiger partial charge < -0.3 is 10.2 Å². The summed E-state index contributed by atoms with van der Waals surface area (Å²) in [4.78, 5) is 17.2. The van der Waals surface area contributed by atoms with E-state index in [-0.39, 0.29) is 23.0 Å². The van der Waals surface area contributed by atoms with Gasteiger partial charge in [0.05, 0.1) is 6.04 Å². The highest BCUT2D eigenvalue weighted by Gasteiger charge is 2.48. The van der Waals surface area contributed by atoms with Gasteiger partial charge in [-0.2, -0.15) is 18.3 Å². The van der Waals surface area contributed by atoms with Gasteiger partial charge >= 0.3 is 6.18 Å². The van der Waals surface area contributed by atoms with Gasteiger partial charge in [-0.25, -0.2) is 4.68 Å². The van der Waals surface area contributed by atoms with Crippen LogP contribution in [0.1, 0.15) is 47.4 Å². The number of piperazine rings is 1. The van der Waals surface area contributed by atoms with Crippen LogP contribution in [-0.4, -0.2) is 63.9 Å². The molecule has 0 unspecified atom stereocenters. The van der Waals surface area contributed by atoms with Crippen LogP contribution in [0.5, 0.6) is 0 Å². The number of rotatable bonds is 2. The summed E-state index contributed by atoms with van der Waals surface area (Å²) in [5.41, 5.74) is 0.615. The Bertz CT molecular complexity index is 979. The van der Waals surface area contributed by atoms with Crippen LogP contribution in [0, 0.1) is 0 Å². The molecule has 1 N–H and O–H groups in total. The van der Waals surface area contributed by atoms with Crippen LogP contribution >= 0.6 is 11.6 Å². The summed E-state index contributed by atoms with van der Waals surface area (Å²) in [5, 5.41) is 7.13. The second kappa shape index (κ2) is 7.70. The van der Waals surface area contributed by atoms with E-state index in [1.165, 1.54) is 0 Å². The maximum absolute atomic E-state index is 13.9. The van der Waals surface area contributed by atoms with Crippen molar-refractivity contribution in [3.8, 4) is 0 Å². The summed E-state index contributed by atoms with van der Waals surface area (Å²) in [7, 11) is 0. The smallest absolute Gasteiger partial charge is 0.362 e. The zero-order valence-electron chi connectivity index (χ0n) is 16.8. The first-order chi connectivity index (χ1) is 14.8. The summed E-state index contributed by atoms with van der Waals surface area (Å²) < 4.78 is 42.6. The normalized spacial score (nSPS) is 26.3. The Hall–Kier alpha value is -2.26. The number of nitrogens with one attached hydrogen (secondary N) is 1. The van der Waals surface area contributed by atoms with E-state index < -0.39 is 24.2 Å². The van der Waals surface area contributed by atoms with Crippen LogP contribution in [0.2, 0.25) is 5.02 Å². The molecule has 6 nitrogen and oxygen atoms in total. The highest BCUT2D eigenvalue weighted by Crippen LogP contribution is 2.46. The van der Waals surface area contributed by atoms with Crippen molar-refractivity contribution in [1.29, 1.82) is 0 Å². The van der Waals surface area contributed by atoms with Crippen molar-refractivity contribution in [2.75, 3.05) is 31.5 Å². The molecule has 2 fully saturated rings. The molecular weight excluding hydrogens is 431 g/mol. The van der Waals surface area contributed by atoms with E-state index in [1.54, 1.807) is 29.2 Å². The zero-order valence-corrected chi connectivity index (χ0v) is 17.5. The lowest BCUT2D eigenvalue weighted by Crippen LogP contribution is -2.52. The highest BCUT2D eigenvalue weighted by atomic mass is 35.5. The SMILES string of the molecule is O=C(c1nn2c(c1Cl)N[C@H](c1ccccc1)C[C@H]2C(F)(F)F)N1CCN2CCC[C@@H]2C1. The van der Waals surface area contributed by atoms with Gasteiger partial charge in [-0.15, -0.1) is 0 Å². The van der Waals surface area contributed by atoms with Gasteiger partial charge in [0.1, 0.15) is 10.8 Å². The number of nitrogens with zero attached hydrogens (tertiary/aromatic N) is 4. The molecule has 0 radical (unpaired) electrons. The number of alkyl halides is 3. The molecule has 5 rings (SSSR count). The Kier molecular flexibility index (Phi) is 5.13. The third kappa shape index (κ3) is 3.67. The standard InChI is InChI=1S/C21H23ClF3N5O/c22-17-18(20(31)29-10-9-28-8-4-7-14(28)12-29)27-30-16(21(23,24)25)11-15(26-19(17)30)13-5-2-1-3-6-13/h1-3,5-6,14-16,26H,4,7-12H2/t14-,15+,16+/m1/s1. The first-order valence-electron chi connectivity index (χ1n) is 10.5. The number of amides is 1. The Morgan fingerprint density at radius 3 is 2.68 bits per heavy atom. The van der Waals surface area contributed by atoms with Crippen molar-refractivity contribution in [3.63, 3.8) is 0 Å². The average molecular weight is 454 g/mol. The fraction of sp³-hybridized carbons (Fsp3) is 0.524. The molecule has 31 heavy (non-hydrogen) atoms. The number of hydrogen-bond acceptors (Lipinski definition) is 4. The van der Waals surface area contributed by atoms with Gasteiger partial charge in [0, 0.05) is 32.1 Å². The minimum Gasteiger partial charge on any atom is -0.362 e. The van der Waals surface area contributed by atoms with Crippen LogP contribution < -0.4 is 5.32 Å². The number of aromatic nitrogens is 2. The Morgan fingerprint density at radius 1 is 1.16 bits per heavy atom. The van der Waals surface area contributed by atoms with Gasteiger partial charge in [0.25, 0.3) is 5.91 Å². The predicted octanol–water partition coefficient (Wildman–Crippen LogP) is 4.12. The zero-order chi connectivity index (χ0) is 21.8. The second-order valence-corrected chi connectivity index (χ2v) is 8.82. The molecule has 2 aromatic rings. The average Bonchev–Trinajstić information content (AvgIpc) is 3.36. The van der Waals surface area contributed by atoms with Crippen LogP contribution in [0.15, 0.2) is 30.3 Å². The quantitative estimate of drug-likeness (QED) is 0.743. The molecule has 0 saturated carbocycles. The van der Waals surface area contributed by atoms with Crippen LogP contribution in [-0.2, 0) is 0 Å². The number of benzene rings is 1. The summed E-state index contributed by atoms with van der Waals surface area (Å²) in [6.07, 6.45) is -2.63. The van der Waals surface area contributed by atoms with Crippen LogP contribution in [0.3, 0.4) is 0 Å². The molecule has 3 aliphatic heterocycles. The van der Waals surface area contributed by atoms with E-state index in [1.807, 2.05) is 6.07 Å². The van der Waals surface area contributed by atoms with E-state index in [0.717, 1.165) is 36.2 Å². The van der Waals surface area contributed by atoms with Gasteiger partial charge in [0.15, 0.2) is 11.7 Å². The minimum absolute atomic E-state index is 0.0475. The monoisotopic (exact) mass is 453 g/mol. The van der Waals surface area contributed by atoms with Crippen molar-refractivity contribution < 1.29 is 18.0 Å². The predicted molar refractivity (Wildman–Crippen MR) is 110 cm³/mol. The van der Waals surface area contributed by atoms with E-state index in [0.29, 0.717) is 19.1 Å². The number of fused-ring (bicyclic) bond motifs is 2. The fourth-order valence-electron chi connectivity index (χ4n) is 4.96. The third-order valence-corrected chi connectivity index (χ3v) is 6.93. The van der Waals surface area contributed by atoms with Crippen molar-refractivity contribution in [2.45, 2.75) is 43.6 Å². The van der Waals surface area contributed by atoms with E-state index in [2.05, 4.69) is 15.3 Å². The Morgan fingerprint density at radius 2 is 1.94 bits per heavy atom. The van der Waals surface area contributed by atoms with Crippen molar-refractivity contribution >= 4 is 23.3 Å². The summed E-state index contributed by atoms with van der Waals surface area (Å²) in [6.45, 7) is 2.88. The maximum Gasteiger partial charge on any atom is 0.410 e. The summed E-state index contributed by atoms with van der Waals surface area (Å²) in [5.74, 6) is -0.357. The lowest BCUT2D eigenvalue weighted by atomic mass is 9.97. The van der Waals surface area contributed by atoms with Crippen molar-refractivity contribution in [2.24, 2.45) is 0 Å². The molecule has 2 saturated heterocycles. The number of hydrogen-bond donors (Lipinski definition) is 1. The second-order valence-electron chi connectivity index (χ2n) is 8.44. The lowest BCUT2D eigenvalue weighted by Gasteiger charge is -2.37. The molecule has 3 aliphatic rings. The first kappa shape index (κ1) is 20.6. The van der Waals surface area contributed by atoms with E-state index >= 15 is 0 Å². The Labute approximate surface area is 182 Å². The topological polar surface area (TPSA) is 53.4 Å². The number of anilines is 1. The molecule has 166 valence electrons. The molecule has 0 spiro atoms. The van der Waals surface area contributed by atoms with E-state index in [4.69, 9.17) is 11.6 Å². The van der Waals surface area contributed by atoms with Gasteiger partial charge in [-0.05, 0) is 24.9 Å². The van der Waals surface area contributed by atoms with Gasteiger partial charge in [-0.1, -0.05) is 41.9 Å². The van der Waals surface area contributed by atoms with Gasteiger partial charge in [0.2, 0.25) is 0 Å². The van der Waals surface area contributed by atoms with Crippen LogP contribution in [0.4, 0.5) is 19.0 Å². The highest BCUT2D eigenvalue weighted by molar-refractivity contribution is 6.36. The molecule has 0 bridgehead atoms. The minimum atomic E-state index is -4.52. The van der Waals surface area contributed by atoms with Gasteiger partial charge in [-0.3, -0.25) is 9.69 Å². The largest absolute Gasteiger partial charge is 0.410 e. The molecule has 1 amide bonds. The van der Waals surface area contributed by atoms with Crippen molar-refractivity contribution in [1.82, 2.24) is 19.6 Å². The first-order valence-corrected chi connectivity index (χ1v) is 10.9. The maximum atomic E-state index is 13.9.